The van der Waals surface area contributed by atoms with E-state index in [1.165, 1.54) is 28.0 Å². The Morgan fingerprint density at radius 1 is 1.42 bits per heavy atom. The fourth-order valence-electron chi connectivity index (χ4n) is 2.55. The zero-order valence-electron chi connectivity index (χ0n) is 14.9. The van der Waals surface area contributed by atoms with Crippen molar-refractivity contribution in [1.29, 1.82) is 0 Å². The molecule has 5 nitrogen and oxygen atoms in total. The van der Waals surface area contributed by atoms with E-state index < -0.39 is 0 Å². The number of carbonyl (C=O) groups is 1. The second-order valence-corrected chi connectivity index (χ2v) is 9.61. The van der Waals surface area contributed by atoms with E-state index in [4.69, 9.17) is 0 Å². The molecule has 0 bridgehead atoms. The van der Waals surface area contributed by atoms with Gasteiger partial charge in [0.05, 0.1) is 16.4 Å². The normalized spacial score (nSPS) is 12.4. The molecule has 0 aliphatic carbocycles. The molecule has 26 heavy (non-hydrogen) atoms. The maximum atomic E-state index is 12.3. The van der Waals surface area contributed by atoms with Crippen LogP contribution in [-0.2, 0) is 17.0 Å². The van der Waals surface area contributed by atoms with Crippen LogP contribution in [0.5, 0.6) is 0 Å². The summed E-state index contributed by atoms with van der Waals surface area (Å²) in [5.74, 6) is 1.13. The van der Waals surface area contributed by atoms with Gasteiger partial charge in [-0.2, -0.15) is 0 Å². The summed E-state index contributed by atoms with van der Waals surface area (Å²) in [4.78, 5) is 35.0. The van der Waals surface area contributed by atoms with Crippen LogP contribution >= 0.6 is 34.4 Å². The van der Waals surface area contributed by atoms with E-state index >= 15 is 0 Å². The second kappa shape index (κ2) is 8.37. The van der Waals surface area contributed by atoms with Gasteiger partial charge in [0.15, 0.2) is 0 Å². The third kappa shape index (κ3) is 4.36. The van der Waals surface area contributed by atoms with Crippen molar-refractivity contribution in [2.24, 2.45) is 0 Å². The number of nitrogens with one attached hydrogen (secondary N) is 2. The largest absolute Gasteiger partial charge is 0.355 e. The summed E-state index contributed by atoms with van der Waals surface area (Å²) >= 11 is 4.71. The Labute approximate surface area is 164 Å². The molecule has 0 aliphatic rings. The molecule has 1 amide bonds. The molecule has 0 radical (unpaired) electrons. The number of thiophene rings is 2. The van der Waals surface area contributed by atoms with Gasteiger partial charge >= 0.3 is 0 Å². The van der Waals surface area contributed by atoms with Gasteiger partial charge in [0.1, 0.15) is 10.7 Å². The van der Waals surface area contributed by atoms with Crippen LogP contribution in [0.15, 0.2) is 22.3 Å². The van der Waals surface area contributed by atoms with Crippen LogP contribution in [0, 0.1) is 13.8 Å². The first-order chi connectivity index (χ1) is 12.5. The van der Waals surface area contributed by atoms with Crippen molar-refractivity contribution in [1.82, 2.24) is 15.3 Å². The Morgan fingerprint density at radius 2 is 2.23 bits per heavy atom. The second-order valence-electron chi connectivity index (χ2n) is 6.05. The van der Waals surface area contributed by atoms with Crippen LogP contribution in [0.2, 0.25) is 0 Å². The highest BCUT2D eigenvalue weighted by atomic mass is 32.2. The van der Waals surface area contributed by atoms with E-state index in [0.717, 1.165) is 21.7 Å². The van der Waals surface area contributed by atoms with Crippen molar-refractivity contribution in [3.63, 3.8) is 0 Å². The lowest BCUT2D eigenvalue weighted by Gasteiger charge is -2.11. The van der Waals surface area contributed by atoms with Crippen LogP contribution in [0.25, 0.3) is 10.2 Å². The summed E-state index contributed by atoms with van der Waals surface area (Å²) in [7, 11) is 0. The molecule has 0 unspecified atom stereocenters. The van der Waals surface area contributed by atoms with Crippen molar-refractivity contribution in [3.05, 3.63) is 49.0 Å². The number of aromatic amines is 1. The lowest BCUT2D eigenvalue weighted by atomic mass is 10.2. The summed E-state index contributed by atoms with van der Waals surface area (Å²) < 4.78 is 0. The van der Waals surface area contributed by atoms with Gasteiger partial charge in [0.2, 0.25) is 5.91 Å². The Kier molecular flexibility index (Phi) is 6.16. The van der Waals surface area contributed by atoms with E-state index in [2.05, 4.69) is 21.4 Å². The van der Waals surface area contributed by atoms with Crippen molar-refractivity contribution in [2.75, 3.05) is 6.54 Å². The first-order valence-corrected chi connectivity index (χ1v) is 11.1. The molecule has 0 aliphatic heterocycles. The minimum atomic E-state index is -0.203. The number of aromatic nitrogens is 2. The van der Waals surface area contributed by atoms with Gasteiger partial charge in [0.25, 0.3) is 5.56 Å². The molecule has 0 aromatic carbocycles. The molecule has 2 N–H and O–H groups in total. The number of aryl methyl sites for hydroxylation is 2. The molecule has 3 heterocycles. The first-order valence-electron chi connectivity index (χ1n) is 8.36. The fourth-order valence-corrected chi connectivity index (χ4v) is 5.09. The molecular formula is C18H21N3O2S3. The molecule has 0 saturated heterocycles. The van der Waals surface area contributed by atoms with Crippen molar-refractivity contribution in [3.8, 4) is 0 Å². The van der Waals surface area contributed by atoms with E-state index in [9.17, 15) is 9.59 Å². The van der Waals surface area contributed by atoms with Crippen LogP contribution in [0.3, 0.4) is 0 Å². The van der Waals surface area contributed by atoms with Crippen molar-refractivity contribution < 1.29 is 4.79 Å². The minimum absolute atomic E-state index is 0.0118. The predicted octanol–water partition coefficient (Wildman–Crippen LogP) is 3.64. The lowest BCUT2D eigenvalue weighted by molar-refractivity contribution is -0.120. The van der Waals surface area contributed by atoms with E-state index in [1.807, 2.05) is 32.2 Å². The number of hydrogen-bond donors (Lipinski definition) is 2. The monoisotopic (exact) mass is 407 g/mol. The molecule has 3 rings (SSSR count). The Bertz CT molecular complexity index is 960. The molecule has 0 fully saturated rings. The van der Waals surface area contributed by atoms with E-state index in [1.54, 1.807) is 11.3 Å². The third-order valence-electron chi connectivity index (χ3n) is 4.18. The molecular weight excluding hydrogens is 386 g/mol. The van der Waals surface area contributed by atoms with Gasteiger partial charge in [-0.25, -0.2) is 4.98 Å². The van der Waals surface area contributed by atoms with Gasteiger partial charge < -0.3 is 10.3 Å². The number of fused-ring (bicyclic) bond motifs is 1. The number of nitrogens with zero attached hydrogens (tertiary/aromatic N) is 1. The summed E-state index contributed by atoms with van der Waals surface area (Å²) in [6.45, 7) is 6.46. The molecule has 8 heteroatoms. The number of hydrogen-bond acceptors (Lipinski definition) is 6. The van der Waals surface area contributed by atoms with Crippen LogP contribution in [0.4, 0.5) is 0 Å². The summed E-state index contributed by atoms with van der Waals surface area (Å²) in [6, 6.07) is 4.09. The predicted molar refractivity (Wildman–Crippen MR) is 112 cm³/mol. The summed E-state index contributed by atoms with van der Waals surface area (Å²) in [5, 5.41) is 5.48. The smallest absolute Gasteiger partial charge is 0.259 e. The standard InChI is InChI=1S/C18H21N3O2S3/c1-10-11(2)26-18-15(10)17(23)20-14(21-18)9-25-12(3)16(22)19-7-6-13-5-4-8-24-13/h4-5,8,12H,6-7,9H2,1-3H3,(H,19,22)(H,20,21,23)/t12-/m0/s1. The zero-order chi connectivity index (χ0) is 18.7. The Morgan fingerprint density at radius 3 is 2.96 bits per heavy atom. The molecule has 0 spiro atoms. The zero-order valence-corrected chi connectivity index (χ0v) is 17.4. The Hall–Kier alpha value is -1.64. The molecule has 3 aromatic heterocycles. The van der Waals surface area contributed by atoms with E-state index in [-0.39, 0.29) is 16.7 Å². The number of thioether (sulfide) groups is 1. The maximum Gasteiger partial charge on any atom is 0.259 e. The highest BCUT2D eigenvalue weighted by Crippen LogP contribution is 2.26. The maximum absolute atomic E-state index is 12.3. The van der Waals surface area contributed by atoms with E-state index in [0.29, 0.717) is 23.5 Å². The number of amides is 1. The van der Waals surface area contributed by atoms with Crippen molar-refractivity contribution in [2.45, 2.75) is 38.2 Å². The lowest BCUT2D eigenvalue weighted by Crippen LogP contribution is -2.32. The first kappa shape index (κ1) is 19.1. The average molecular weight is 408 g/mol. The van der Waals surface area contributed by atoms with Crippen LogP contribution in [0.1, 0.15) is 28.1 Å². The van der Waals surface area contributed by atoms with Gasteiger partial charge in [-0.1, -0.05) is 6.07 Å². The highest BCUT2D eigenvalue weighted by molar-refractivity contribution is 7.99. The van der Waals surface area contributed by atoms with Gasteiger partial charge in [0, 0.05) is 16.3 Å². The van der Waals surface area contributed by atoms with Gasteiger partial charge in [-0.05, 0) is 44.2 Å². The van der Waals surface area contributed by atoms with Gasteiger partial charge in [-0.3, -0.25) is 9.59 Å². The van der Waals surface area contributed by atoms with Crippen LogP contribution < -0.4 is 10.9 Å². The third-order valence-corrected chi connectivity index (χ3v) is 7.37. The number of H-pyrrole nitrogens is 1. The topological polar surface area (TPSA) is 74.8 Å². The Balaban J connectivity index is 1.55. The fraction of sp³-hybridized carbons (Fsp3) is 0.389. The van der Waals surface area contributed by atoms with Crippen molar-refractivity contribution >= 4 is 50.6 Å². The van der Waals surface area contributed by atoms with Gasteiger partial charge in [-0.15, -0.1) is 34.4 Å². The molecule has 0 saturated carbocycles. The summed E-state index contributed by atoms with van der Waals surface area (Å²) in [6.07, 6.45) is 0.851. The number of rotatable bonds is 7. The summed E-state index contributed by atoms with van der Waals surface area (Å²) in [5.41, 5.74) is 0.900. The molecule has 138 valence electrons. The van der Waals surface area contributed by atoms with Crippen LogP contribution in [-0.4, -0.2) is 27.7 Å². The molecule has 1 atom stereocenters. The minimum Gasteiger partial charge on any atom is -0.355 e. The quantitative estimate of drug-likeness (QED) is 0.627. The number of carbonyl (C=O) groups excluding carboxylic acids is 1. The SMILES string of the molecule is Cc1sc2nc(CS[C@@H](C)C(=O)NCCc3cccs3)[nH]c(=O)c2c1C. The molecule has 3 aromatic rings. The average Bonchev–Trinajstić information content (AvgIpc) is 3.21. The highest BCUT2D eigenvalue weighted by Gasteiger charge is 2.16.